The molecule has 136 valence electrons. The van der Waals surface area contributed by atoms with Crippen LogP contribution in [0.3, 0.4) is 0 Å². The Balaban J connectivity index is 1.37. The largest absolute Gasteiger partial charge is 0.385 e. The molecule has 1 aromatic heterocycles. The van der Waals surface area contributed by atoms with E-state index in [-0.39, 0.29) is 0 Å². The average Bonchev–Trinajstić information content (AvgIpc) is 3.03. The molecule has 0 bridgehead atoms. The van der Waals surface area contributed by atoms with Gasteiger partial charge in [-0.2, -0.15) is 0 Å². The van der Waals surface area contributed by atoms with Crippen LogP contribution in [-0.4, -0.2) is 51.9 Å². The highest BCUT2D eigenvalue weighted by Gasteiger charge is 2.28. The Morgan fingerprint density at radius 2 is 2.00 bits per heavy atom. The topological polar surface area (TPSA) is 50.5 Å². The van der Waals surface area contributed by atoms with Crippen molar-refractivity contribution < 1.29 is 9.84 Å². The standard InChI is InChI=1S/C19H33N3O2/c1-15-5-3-4-6-17(15)24-14-13-22-10-7-16(8-11-22)18(23)19-20-9-12-21(19)2/h9,12,15-18,23H,3-8,10-11,13-14H2,1-2H3. The van der Waals surface area contributed by atoms with Crippen LogP contribution < -0.4 is 0 Å². The average molecular weight is 335 g/mol. The molecular weight excluding hydrogens is 302 g/mol. The molecule has 2 aliphatic rings. The first kappa shape index (κ1) is 17.9. The van der Waals surface area contributed by atoms with Gasteiger partial charge < -0.3 is 19.3 Å². The lowest BCUT2D eigenvalue weighted by atomic mass is 9.88. The van der Waals surface area contributed by atoms with Gasteiger partial charge in [-0.25, -0.2) is 4.98 Å². The second kappa shape index (κ2) is 8.45. The number of aliphatic hydroxyl groups is 1. The minimum Gasteiger partial charge on any atom is -0.385 e. The number of aliphatic hydroxyl groups excluding tert-OH is 1. The van der Waals surface area contributed by atoms with Crippen LogP contribution in [0.25, 0.3) is 0 Å². The maximum atomic E-state index is 10.6. The molecule has 0 radical (unpaired) electrons. The highest BCUT2D eigenvalue weighted by atomic mass is 16.5. The first-order valence-corrected chi connectivity index (χ1v) is 9.64. The molecule has 3 rings (SSSR count). The van der Waals surface area contributed by atoms with E-state index >= 15 is 0 Å². The van der Waals surface area contributed by atoms with E-state index in [1.54, 1.807) is 6.20 Å². The van der Waals surface area contributed by atoms with Crippen molar-refractivity contribution in [2.75, 3.05) is 26.2 Å². The first-order valence-electron chi connectivity index (χ1n) is 9.64. The fraction of sp³-hybridized carbons (Fsp3) is 0.842. The highest BCUT2D eigenvalue weighted by Crippen LogP contribution is 2.30. The van der Waals surface area contributed by atoms with Crippen LogP contribution in [0.5, 0.6) is 0 Å². The van der Waals surface area contributed by atoms with Crippen molar-refractivity contribution in [3.63, 3.8) is 0 Å². The van der Waals surface area contributed by atoms with Crippen LogP contribution in [0.1, 0.15) is 57.4 Å². The van der Waals surface area contributed by atoms with Crippen molar-refractivity contribution in [1.29, 1.82) is 0 Å². The van der Waals surface area contributed by atoms with Crippen LogP contribution in [0.15, 0.2) is 12.4 Å². The fourth-order valence-electron chi connectivity index (χ4n) is 4.23. The van der Waals surface area contributed by atoms with Gasteiger partial charge in [-0.05, 0) is 50.6 Å². The lowest BCUT2D eigenvalue weighted by molar-refractivity contribution is -0.0203. The van der Waals surface area contributed by atoms with Crippen molar-refractivity contribution in [3.8, 4) is 0 Å². The number of rotatable bonds is 6. The van der Waals surface area contributed by atoms with Crippen molar-refractivity contribution in [3.05, 3.63) is 18.2 Å². The van der Waals surface area contributed by atoms with Crippen molar-refractivity contribution in [2.24, 2.45) is 18.9 Å². The summed E-state index contributed by atoms with van der Waals surface area (Å²) in [6.45, 7) is 6.30. The monoisotopic (exact) mass is 335 g/mol. The number of imidazole rings is 1. The van der Waals surface area contributed by atoms with Gasteiger partial charge in [-0.15, -0.1) is 0 Å². The molecule has 1 aliphatic carbocycles. The van der Waals surface area contributed by atoms with Crippen LogP contribution in [0.4, 0.5) is 0 Å². The van der Waals surface area contributed by atoms with E-state index in [2.05, 4.69) is 16.8 Å². The zero-order valence-electron chi connectivity index (χ0n) is 15.2. The number of hydrogen-bond donors (Lipinski definition) is 1. The lowest BCUT2D eigenvalue weighted by Crippen LogP contribution is -2.39. The van der Waals surface area contributed by atoms with Gasteiger partial charge in [-0.3, -0.25) is 0 Å². The molecule has 1 saturated heterocycles. The molecule has 3 unspecified atom stereocenters. The lowest BCUT2D eigenvalue weighted by Gasteiger charge is -2.35. The Kier molecular flexibility index (Phi) is 6.31. The molecule has 3 atom stereocenters. The van der Waals surface area contributed by atoms with E-state index in [4.69, 9.17) is 4.74 Å². The smallest absolute Gasteiger partial charge is 0.137 e. The van der Waals surface area contributed by atoms with Gasteiger partial charge in [0, 0.05) is 26.0 Å². The van der Waals surface area contributed by atoms with Gasteiger partial charge in [0.25, 0.3) is 0 Å². The van der Waals surface area contributed by atoms with Gasteiger partial charge in [0.05, 0.1) is 12.7 Å². The van der Waals surface area contributed by atoms with Crippen molar-refractivity contribution in [2.45, 2.75) is 57.7 Å². The minimum absolute atomic E-state index is 0.321. The van der Waals surface area contributed by atoms with Gasteiger partial charge in [0.1, 0.15) is 11.9 Å². The third-order valence-electron chi connectivity index (χ3n) is 5.97. The summed E-state index contributed by atoms with van der Waals surface area (Å²) in [6.07, 6.45) is 11.0. The molecule has 1 aromatic rings. The van der Waals surface area contributed by atoms with Gasteiger partial charge in [-0.1, -0.05) is 19.8 Å². The van der Waals surface area contributed by atoms with Gasteiger partial charge >= 0.3 is 0 Å². The molecule has 1 aliphatic heterocycles. The molecule has 0 spiro atoms. The molecule has 24 heavy (non-hydrogen) atoms. The minimum atomic E-state index is -0.438. The zero-order chi connectivity index (χ0) is 16.9. The summed E-state index contributed by atoms with van der Waals surface area (Å²) in [6, 6.07) is 0. The SMILES string of the molecule is CC1CCCCC1OCCN1CCC(C(O)c2nccn2C)CC1. The summed E-state index contributed by atoms with van der Waals surface area (Å²) in [5.74, 6) is 1.84. The predicted molar refractivity (Wildman–Crippen MR) is 94.7 cm³/mol. The summed E-state index contributed by atoms with van der Waals surface area (Å²) >= 11 is 0. The number of nitrogens with zero attached hydrogens (tertiary/aromatic N) is 3. The molecule has 2 heterocycles. The number of ether oxygens (including phenoxy) is 1. The maximum Gasteiger partial charge on any atom is 0.137 e. The number of aromatic nitrogens is 2. The Labute approximate surface area is 146 Å². The summed E-state index contributed by atoms with van der Waals surface area (Å²) in [5.41, 5.74) is 0. The predicted octanol–water partition coefficient (Wildman–Crippen LogP) is 2.76. The van der Waals surface area contributed by atoms with Crippen LogP contribution in [0, 0.1) is 11.8 Å². The zero-order valence-corrected chi connectivity index (χ0v) is 15.2. The molecule has 1 saturated carbocycles. The van der Waals surface area contributed by atoms with Crippen LogP contribution in [0.2, 0.25) is 0 Å². The second-order valence-corrected chi connectivity index (χ2v) is 7.69. The van der Waals surface area contributed by atoms with Crippen LogP contribution >= 0.6 is 0 Å². The van der Waals surface area contributed by atoms with E-state index < -0.39 is 6.10 Å². The summed E-state index contributed by atoms with van der Waals surface area (Å²) in [7, 11) is 1.95. The van der Waals surface area contributed by atoms with E-state index in [9.17, 15) is 5.11 Å². The fourth-order valence-corrected chi connectivity index (χ4v) is 4.23. The third-order valence-corrected chi connectivity index (χ3v) is 5.97. The van der Waals surface area contributed by atoms with E-state index in [0.717, 1.165) is 50.8 Å². The molecule has 2 fully saturated rings. The molecule has 1 N–H and O–H groups in total. The third kappa shape index (κ3) is 4.38. The Morgan fingerprint density at radius 3 is 2.67 bits per heavy atom. The number of hydrogen-bond acceptors (Lipinski definition) is 4. The molecule has 5 nitrogen and oxygen atoms in total. The quantitative estimate of drug-likeness (QED) is 0.868. The Morgan fingerprint density at radius 1 is 1.25 bits per heavy atom. The number of aryl methyl sites for hydroxylation is 1. The molecule has 0 aromatic carbocycles. The maximum absolute atomic E-state index is 10.6. The number of piperidine rings is 1. The second-order valence-electron chi connectivity index (χ2n) is 7.69. The summed E-state index contributed by atoms with van der Waals surface area (Å²) in [4.78, 5) is 6.78. The van der Waals surface area contributed by atoms with Gasteiger partial charge in [0.15, 0.2) is 0 Å². The Hall–Kier alpha value is -0.910. The summed E-state index contributed by atoms with van der Waals surface area (Å²) < 4.78 is 8.07. The van der Waals surface area contributed by atoms with E-state index in [0.29, 0.717) is 12.0 Å². The molecule has 0 amide bonds. The first-order chi connectivity index (χ1) is 11.6. The summed E-state index contributed by atoms with van der Waals surface area (Å²) in [5, 5.41) is 10.6. The van der Waals surface area contributed by atoms with E-state index in [1.165, 1.54) is 25.7 Å². The van der Waals surface area contributed by atoms with Crippen LogP contribution in [-0.2, 0) is 11.8 Å². The van der Waals surface area contributed by atoms with E-state index in [1.807, 2.05) is 17.8 Å². The molecular formula is C19H33N3O2. The van der Waals surface area contributed by atoms with Crippen molar-refractivity contribution >= 4 is 0 Å². The highest BCUT2D eigenvalue weighted by molar-refractivity contribution is 4.98. The molecule has 5 heteroatoms. The van der Waals surface area contributed by atoms with Crippen molar-refractivity contribution in [1.82, 2.24) is 14.5 Å². The normalized spacial score (nSPS) is 28.1. The number of likely N-dealkylation sites (tertiary alicyclic amines) is 1. The van der Waals surface area contributed by atoms with Gasteiger partial charge in [0.2, 0.25) is 0 Å². The Bertz CT molecular complexity index is 497.